The molecule has 0 amide bonds. The predicted molar refractivity (Wildman–Crippen MR) is 61.8 cm³/mol. The van der Waals surface area contributed by atoms with Gasteiger partial charge in [-0.1, -0.05) is 30.3 Å². The number of benzene rings is 1. The summed E-state index contributed by atoms with van der Waals surface area (Å²) in [6.45, 7) is 3.11. The van der Waals surface area contributed by atoms with E-state index >= 15 is 0 Å². The smallest absolute Gasteiger partial charge is 0.322 e. The van der Waals surface area contributed by atoms with Crippen LogP contribution in [0.4, 0.5) is 0 Å². The molecule has 86 valence electrons. The van der Waals surface area contributed by atoms with Gasteiger partial charge in [-0.2, -0.15) is 0 Å². The number of hydrogen-bond donors (Lipinski definition) is 0. The van der Waals surface area contributed by atoms with Crippen LogP contribution in [0.3, 0.4) is 0 Å². The second-order valence-corrected chi connectivity index (χ2v) is 4.20. The highest BCUT2D eigenvalue weighted by atomic mass is 16.7. The number of piperidine rings is 1. The SMILES string of the molecule is CC(=O)ON1CCC(c2ccccc2)CC1. The van der Waals surface area contributed by atoms with Crippen molar-refractivity contribution in [3.05, 3.63) is 35.9 Å². The first-order chi connectivity index (χ1) is 7.75. The second-order valence-electron chi connectivity index (χ2n) is 4.20. The summed E-state index contributed by atoms with van der Waals surface area (Å²) < 4.78 is 0. The molecule has 0 atom stereocenters. The summed E-state index contributed by atoms with van der Waals surface area (Å²) in [5.74, 6) is 0.381. The topological polar surface area (TPSA) is 29.5 Å². The lowest BCUT2D eigenvalue weighted by molar-refractivity contribution is -0.192. The number of nitrogens with zero attached hydrogens (tertiary/aromatic N) is 1. The molecular formula is C13H17NO2. The Morgan fingerprint density at radius 3 is 2.44 bits per heavy atom. The first-order valence-electron chi connectivity index (χ1n) is 5.74. The molecule has 1 heterocycles. The van der Waals surface area contributed by atoms with Crippen LogP contribution in [0.5, 0.6) is 0 Å². The van der Waals surface area contributed by atoms with E-state index in [0.29, 0.717) is 5.92 Å². The van der Waals surface area contributed by atoms with Crippen LogP contribution in [0.15, 0.2) is 30.3 Å². The fourth-order valence-corrected chi connectivity index (χ4v) is 2.19. The van der Waals surface area contributed by atoms with Crippen LogP contribution >= 0.6 is 0 Å². The average Bonchev–Trinajstić information content (AvgIpc) is 2.30. The molecule has 0 aliphatic carbocycles. The molecule has 2 rings (SSSR count). The van der Waals surface area contributed by atoms with E-state index in [2.05, 4.69) is 24.3 Å². The van der Waals surface area contributed by atoms with E-state index < -0.39 is 0 Å². The maximum Gasteiger partial charge on any atom is 0.322 e. The normalized spacial score (nSPS) is 18.3. The van der Waals surface area contributed by atoms with Crippen molar-refractivity contribution in [2.45, 2.75) is 25.7 Å². The van der Waals surface area contributed by atoms with Gasteiger partial charge in [0.15, 0.2) is 0 Å². The molecule has 0 unspecified atom stereocenters. The quantitative estimate of drug-likeness (QED) is 0.764. The minimum atomic E-state index is -0.224. The van der Waals surface area contributed by atoms with Crippen LogP contribution in [-0.4, -0.2) is 24.1 Å². The van der Waals surface area contributed by atoms with Gasteiger partial charge < -0.3 is 4.84 Å². The lowest BCUT2D eigenvalue weighted by Crippen LogP contribution is -2.34. The van der Waals surface area contributed by atoms with E-state index in [1.165, 1.54) is 12.5 Å². The highest BCUT2D eigenvalue weighted by molar-refractivity contribution is 5.65. The summed E-state index contributed by atoms with van der Waals surface area (Å²) in [5.41, 5.74) is 1.39. The van der Waals surface area contributed by atoms with E-state index in [1.54, 1.807) is 5.06 Å². The van der Waals surface area contributed by atoms with Crippen molar-refractivity contribution in [2.24, 2.45) is 0 Å². The van der Waals surface area contributed by atoms with Gasteiger partial charge >= 0.3 is 5.97 Å². The van der Waals surface area contributed by atoms with Gasteiger partial charge in [0, 0.05) is 20.0 Å². The van der Waals surface area contributed by atoms with Crippen LogP contribution in [0, 0.1) is 0 Å². The zero-order chi connectivity index (χ0) is 11.4. The predicted octanol–water partition coefficient (Wildman–Crippen LogP) is 2.34. The largest absolute Gasteiger partial charge is 0.368 e. The van der Waals surface area contributed by atoms with Gasteiger partial charge in [-0.25, -0.2) is 0 Å². The van der Waals surface area contributed by atoms with Gasteiger partial charge in [-0.15, -0.1) is 5.06 Å². The molecule has 1 aliphatic rings. The van der Waals surface area contributed by atoms with Gasteiger partial charge in [0.1, 0.15) is 0 Å². The average molecular weight is 219 g/mol. The Bertz CT molecular complexity index is 342. The Hall–Kier alpha value is -1.35. The zero-order valence-electron chi connectivity index (χ0n) is 9.56. The molecule has 1 aromatic rings. The van der Waals surface area contributed by atoms with Gasteiger partial charge in [0.05, 0.1) is 0 Å². The van der Waals surface area contributed by atoms with Gasteiger partial charge in [-0.3, -0.25) is 4.79 Å². The molecule has 0 bridgehead atoms. The van der Waals surface area contributed by atoms with E-state index in [1.807, 2.05) is 6.07 Å². The number of rotatable bonds is 2. The molecule has 1 saturated heterocycles. The Kier molecular flexibility index (Phi) is 3.57. The summed E-state index contributed by atoms with van der Waals surface area (Å²) in [6.07, 6.45) is 2.11. The van der Waals surface area contributed by atoms with Crippen molar-refractivity contribution in [1.82, 2.24) is 5.06 Å². The summed E-state index contributed by atoms with van der Waals surface area (Å²) in [4.78, 5) is 15.9. The van der Waals surface area contributed by atoms with E-state index in [-0.39, 0.29) is 5.97 Å². The van der Waals surface area contributed by atoms with Crippen LogP contribution in [0.25, 0.3) is 0 Å². The van der Waals surface area contributed by atoms with Crippen LogP contribution in [0.1, 0.15) is 31.2 Å². The fourth-order valence-electron chi connectivity index (χ4n) is 2.19. The van der Waals surface area contributed by atoms with Gasteiger partial charge in [0.2, 0.25) is 0 Å². The Morgan fingerprint density at radius 2 is 1.88 bits per heavy atom. The number of carbonyl (C=O) groups excluding carboxylic acids is 1. The standard InChI is InChI=1S/C13H17NO2/c1-11(15)16-14-9-7-13(8-10-14)12-5-3-2-4-6-12/h2-6,13H,7-10H2,1H3. The lowest BCUT2D eigenvalue weighted by atomic mass is 9.90. The fraction of sp³-hybridized carbons (Fsp3) is 0.462. The van der Waals surface area contributed by atoms with Crippen LogP contribution < -0.4 is 0 Å². The zero-order valence-corrected chi connectivity index (χ0v) is 9.56. The van der Waals surface area contributed by atoms with E-state index in [4.69, 9.17) is 4.84 Å². The van der Waals surface area contributed by atoms with Crippen molar-refractivity contribution in [3.63, 3.8) is 0 Å². The van der Waals surface area contributed by atoms with Crippen molar-refractivity contribution in [2.75, 3.05) is 13.1 Å². The molecule has 1 aliphatic heterocycles. The maximum atomic E-state index is 10.8. The molecule has 16 heavy (non-hydrogen) atoms. The minimum absolute atomic E-state index is 0.224. The lowest BCUT2D eigenvalue weighted by Gasteiger charge is -2.30. The Balaban J connectivity index is 1.88. The third-order valence-corrected chi connectivity index (χ3v) is 2.98. The Morgan fingerprint density at radius 1 is 1.25 bits per heavy atom. The van der Waals surface area contributed by atoms with Crippen LogP contribution in [-0.2, 0) is 9.63 Å². The summed E-state index contributed by atoms with van der Waals surface area (Å²) in [5, 5.41) is 1.77. The molecule has 3 heteroatoms. The second kappa shape index (κ2) is 5.12. The van der Waals surface area contributed by atoms with Gasteiger partial charge in [0.25, 0.3) is 0 Å². The van der Waals surface area contributed by atoms with E-state index in [0.717, 1.165) is 25.9 Å². The number of carbonyl (C=O) groups is 1. The molecule has 3 nitrogen and oxygen atoms in total. The summed E-state index contributed by atoms with van der Waals surface area (Å²) in [7, 11) is 0. The molecule has 0 N–H and O–H groups in total. The first kappa shape index (κ1) is 11.1. The van der Waals surface area contributed by atoms with Crippen LogP contribution in [0.2, 0.25) is 0 Å². The van der Waals surface area contributed by atoms with Gasteiger partial charge in [-0.05, 0) is 24.3 Å². The highest BCUT2D eigenvalue weighted by Gasteiger charge is 2.21. The highest BCUT2D eigenvalue weighted by Crippen LogP contribution is 2.27. The first-order valence-corrected chi connectivity index (χ1v) is 5.74. The summed E-state index contributed by atoms with van der Waals surface area (Å²) in [6, 6.07) is 10.5. The van der Waals surface area contributed by atoms with E-state index in [9.17, 15) is 4.79 Å². The van der Waals surface area contributed by atoms with Crippen molar-refractivity contribution < 1.29 is 9.63 Å². The van der Waals surface area contributed by atoms with Crippen molar-refractivity contribution in [3.8, 4) is 0 Å². The third kappa shape index (κ3) is 2.83. The molecule has 0 saturated carbocycles. The third-order valence-electron chi connectivity index (χ3n) is 2.98. The summed E-state index contributed by atoms with van der Waals surface area (Å²) >= 11 is 0. The molecule has 0 radical (unpaired) electrons. The molecular weight excluding hydrogens is 202 g/mol. The van der Waals surface area contributed by atoms with Crippen molar-refractivity contribution >= 4 is 5.97 Å². The molecule has 0 spiro atoms. The monoisotopic (exact) mass is 219 g/mol. The number of hydroxylamine groups is 2. The Labute approximate surface area is 96.0 Å². The molecule has 1 fully saturated rings. The number of hydrogen-bond acceptors (Lipinski definition) is 3. The minimum Gasteiger partial charge on any atom is -0.368 e. The van der Waals surface area contributed by atoms with Crippen molar-refractivity contribution in [1.29, 1.82) is 0 Å². The molecule has 1 aromatic carbocycles. The maximum absolute atomic E-state index is 10.8. The molecule has 0 aromatic heterocycles.